The molecule has 14 heavy (non-hydrogen) atoms. The summed E-state index contributed by atoms with van der Waals surface area (Å²) in [5.74, 6) is 0.983. The van der Waals surface area contributed by atoms with Crippen LogP contribution in [0.1, 0.15) is 43.9 Å². The molecule has 1 atom stereocenters. The molecule has 0 aliphatic carbocycles. The lowest BCUT2D eigenvalue weighted by Crippen LogP contribution is -2.22. The van der Waals surface area contributed by atoms with Gasteiger partial charge in [-0.3, -0.25) is 0 Å². The normalized spacial score (nSPS) is 13.1. The molecule has 0 amide bonds. The topological polar surface area (TPSA) is 51.8 Å². The van der Waals surface area contributed by atoms with E-state index in [1.54, 1.807) is 0 Å². The van der Waals surface area contributed by atoms with Gasteiger partial charge in [-0.05, 0) is 24.4 Å². The second-order valence-electron chi connectivity index (χ2n) is 3.61. The molecule has 0 saturated heterocycles. The molecule has 0 fully saturated rings. The molecule has 0 spiro atoms. The van der Waals surface area contributed by atoms with Gasteiger partial charge in [0.05, 0.1) is 0 Å². The number of hydrogen-bond donors (Lipinski definition) is 1. The van der Waals surface area contributed by atoms with Gasteiger partial charge in [-0.2, -0.15) is 4.37 Å². The Morgan fingerprint density at radius 3 is 2.79 bits per heavy atom. The van der Waals surface area contributed by atoms with E-state index in [0.717, 1.165) is 42.9 Å². The van der Waals surface area contributed by atoms with Crippen molar-refractivity contribution in [1.82, 2.24) is 9.36 Å². The summed E-state index contributed by atoms with van der Waals surface area (Å²) in [6, 6.07) is 0.252. The van der Waals surface area contributed by atoms with Crippen molar-refractivity contribution in [3.05, 3.63) is 10.8 Å². The van der Waals surface area contributed by atoms with E-state index < -0.39 is 0 Å². The van der Waals surface area contributed by atoms with Crippen LogP contribution < -0.4 is 5.73 Å². The molecule has 0 saturated carbocycles. The van der Waals surface area contributed by atoms with E-state index in [9.17, 15) is 0 Å². The van der Waals surface area contributed by atoms with Crippen molar-refractivity contribution >= 4 is 11.5 Å². The van der Waals surface area contributed by atoms with Crippen LogP contribution in [0.4, 0.5) is 0 Å². The van der Waals surface area contributed by atoms with E-state index in [0.29, 0.717) is 0 Å². The Hall–Kier alpha value is -0.480. The van der Waals surface area contributed by atoms with E-state index in [4.69, 9.17) is 5.73 Å². The highest BCUT2D eigenvalue weighted by molar-refractivity contribution is 7.05. The van der Waals surface area contributed by atoms with Gasteiger partial charge >= 0.3 is 0 Å². The van der Waals surface area contributed by atoms with Crippen LogP contribution in [0.25, 0.3) is 0 Å². The predicted octanol–water partition coefficient (Wildman–Crippen LogP) is 2.16. The standard InChI is InChI=1S/C10H19N3S/c1-3-5-8(11)7-10-12-9(6-4-2)13-14-10/h8H,3-7,11H2,1-2H3. The van der Waals surface area contributed by atoms with Crippen molar-refractivity contribution < 1.29 is 0 Å². The first-order chi connectivity index (χ1) is 6.76. The first-order valence-electron chi connectivity index (χ1n) is 5.33. The molecular weight excluding hydrogens is 194 g/mol. The highest BCUT2D eigenvalue weighted by Gasteiger charge is 2.07. The van der Waals surface area contributed by atoms with Crippen LogP contribution >= 0.6 is 11.5 Å². The largest absolute Gasteiger partial charge is 0.327 e. The lowest BCUT2D eigenvalue weighted by atomic mass is 10.1. The van der Waals surface area contributed by atoms with Crippen LogP contribution in [-0.2, 0) is 12.8 Å². The first-order valence-corrected chi connectivity index (χ1v) is 6.10. The van der Waals surface area contributed by atoms with E-state index in [1.807, 2.05) is 0 Å². The summed E-state index contributed by atoms with van der Waals surface area (Å²) < 4.78 is 4.29. The third-order valence-electron chi connectivity index (χ3n) is 2.08. The summed E-state index contributed by atoms with van der Waals surface area (Å²) in [4.78, 5) is 4.45. The van der Waals surface area contributed by atoms with E-state index in [1.165, 1.54) is 11.5 Å². The quantitative estimate of drug-likeness (QED) is 0.788. The molecule has 1 aromatic rings. The van der Waals surface area contributed by atoms with Crippen molar-refractivity contribution in [3.63, 3.8) is 0 Å². The van der Waals surface area contributed by atoms with Crippen molar-refractivity contribution in [3.8, 4) is 0 Å². The lowest BCUT2D eigenvalue weighted by molar-refractivity contribution is 0.598. The number of rotatable bonds is 6. The minimum absolute atomic E-state index is 0.252. The van der Waals surface area contributed by atoms with Gasteiger partial charge in [-0.1, -0.05) is 20.3 Å². The monoisotopic (exact) mass is 213 g/mol. The van der Waals surface area contributed by atoms with Crippen molar-refractivity contribution in [2.45, 2.75) is 52.0 Å². The molecule has 1 rings (SSSR count). The minimum atomic E-state index is 0.252. The maximum Gasteiger partial charge on any atom is 0.142 e. The summed E-state index contributed by atoms with van der Waals surface area (Å²) >= 11 is 1.50. The second kappa shape index (κ2) is 6.09. The molecule has 80 valence electrons. The highest BCUT2D eigenvalue weighted by atomic mass is 32.1. The van der Waals surface area contributed by atoms with Crippen LogP contribution in [0.5, 0.6) is 0 Å². The minimum Gasteiger partial charge on any atom is -0.327 e. The maximum absolute atomic E-state index is 5.94. The highest BCUT2D eigenvalue weighted by Crippen LogP contribution is 2.10. The SMILES string of the molecule is CCCc1nsc(CC(N)CCC)n1. The van der Waals surface area contributed by atoms with Crippen molar-refractivity contribution in [1.29, 1.82) is 0 Å². The van der Waals surface area contributed by atoms with Crippen LogP contribution in [0, 0.1) is 0 Å². The van der Waals surface area contributed by atoms with Gasteiger partial charge < -0.3 is 5.73 Å². The number of nitrogens with zero attached hydrogens (tertiary/aromatic N) is 2. The number of aryl methyl sites for hydroxylation is 1. The molecule has 0 radical (unpaired) electrons. The molecule has 1 unspecified atom stereocenters. The summed E-state index contributed by atoms with van der Waals surface area (Å²) in [5, 5.41) is 1.09. The molecule has 4 heteroatoms. The van der Waals surface area contributed by atoms with Gasteiger partial charge in [0.15, 0.2) is 0 Å². The average molecular weight is 213 g/mol. The maximum atomic E-state index is 5.94. The lowest BCUT2D eigenvalue weighted by Gasteiger charge is -2.06. The zero-order valence-electron chi connectivity index (χ0n) is 8.99. The van der Waals surface area contributed by atoms with Crippen molar-refractivity contribution in [2.24, 2.45) is 5.73 Å². The van der Waals surface area contributed by atoms with Gasteiger partial charge in [0.25, 0.3) is 0 Å². The van der Waals surface area contributed by atoms with Gasteiger partial charge in [-0.25, -0.2) is 4.98 Å². The molecule has 2 N–H and O–H groups in total. The summed E-state index contributed by atoms with van der Waals surface area (Å²) in [6.07, 6.45) is 5.19. The Morgan fingerprint density at radius 2 is 2.14 bits per heavy atom. The number of hydrogen-bond acceptors (Lipinski definition) is 4. The molecule has 1 aromatic heterocycles. The molecule has 0 aliphatic rings. The van der Waals surface area contributed by atoms with Gasteiger partial charge in [0, 0.05) is 18.9 Å². The van der Waals surface area contributed by atoms with Gasteiger partial charge in [0.2, 0.25) is 0 Å². The van der Waals surface area contributed by atoms with Crippen LogP contribution in [0.3, 0.4) is 0 Å². The Kier molecular flexibility index (Phi) is 5.04. The number of aromatic nitrogens is 2. The molecule has 0 aliphatic heterocycles. The fourth-order valence-electron chi connectivity index (χ4n) is 1.40. The van der Waals surface area contributed by atoms with E-state index >= 15 is 0 Å². The zero-order valence-corrected chi connectivity index (χ0v) is 9.81. The third-order valence-corrected chi connectivity index (χ3v) is 2.85. The van der Waals surface area contributed by atoms with Crippen LogP contribution in [-0.4, -0.2) is 15.4 Å². The fraction of sp³-hybridized carbons (Fsp3) is 0.800. The predicted molar refractivity (Wildman–Crippen MR) is 60.5 cm³/mol. The molecule has 0 aromatic carbocycles. The van der Waals surface area contributed by atoms with Gasteiger partial charge in [0.1, 0.15) is 10.8 Å². The van der Waals surface area contributed by atoms with E-state index in [-0.39, 0.29) is 6.04 Å². The molecular formula is C10H19N3S. The second-order valence-corrected chi connectivity index (χ2v) is 4.44. The van der Waals surface area contributed by atoms with E-state index in [2.05, 4.69) is 23.2 Å². The summed E-state index contributed by atoms with van der Waals surface area (Å²) in [7, 11) is 0. The first kappa shape index (κ1) is 11.6. The molecule has 3 nitrogen and oxygen atoms in total. The third kappa shape index (κ3) is 3.72. The van der Waals surface area contributed by atoms with Gasteiger partial charge in [-0.15, -0.1) is 0 Å². The Bertz CT molecular complexity index is 260. The smallest absolute Gasteiger partial charge is 0.142 e. The van der Waals surface area contributed by atoms with Crippen molar-refractivity contribution in [2.75, 3.05) is 0 Å². The Morgan fingerprint density at radius 1 is 1.36 bits per heavy atom. The van der Waals surface area contributed by atoms with Crippen LogP contribution in [0.15, 0.2) is 0 Å². The molecule has 1 heterocycles. The summed E-state index contributed by atoms with van der Waals surface area (Å²) in [6.45, 7) is 4.30. The van der Waals surface area contributed by atoms with Crippen LogP contribution in [0.2, 0.25) is 0 Å². The zero-order chi connectivity index (χ0) is 10.4. The Labute approximate surface area is 89.9 Å². The average Bonchev–Trinajstić information content (AvgIpc) is 2.53. The number of nitrogens with two attached hydrogens (primary N) is 1. The Balaban J connectivity index is 2.42. The summed E-state index contributed by atoms with van der Waals surface area (Å²) in [5.41, 5.74) is 5.94. The molecule has 0 bridgehead atoms. The fourth-order valence-corrected chi connectivity index (χ4v) is 2.17.